The molecule has 1 aromatic heterocycles. The molecule has 4 nitrogen and oxygen atoms in total. The summed E-state index contributed by atoms with van der Waals surface area (Å²) >= 11 is 0. The highest BCUT2D eigenvalue weighted by molar-refractivity contribution is 5.24. The molecule has 0 bridgehead atoms. The molecular formula is C16H29N3O. The molecule has 0 saturated carbocycles. The molecular weight excluding hydrogens is 250 g/mol. The Balaban J connectivity index is 2.53. The van der Waals surface area contributed by atoms with Crippen molar-refractivity contribution in [1.29, 1.82) is 0 Å². The fraction of sp³-hybridized carbons (Fsp3) is 0.688. The largest absolute Gasteiger partial charge is 0.478 e. The summed E-state index contributed by atoms with van der Waals surface area (Å²) < 4.78 is 5.74. The van der Waals surface area contributed by atoms with Crippen LogP contribution in [0.15, 0.2) is 12.1 Å². The Labute approximate surface area is 123 Å². The molecule has 0 amide bonds. The molecule has 4 heteroatoms. The molecule has 0 aliphatic carbocycles. The van der Waals surface area contributed by atoms with Crippen LogP contribution in [-0.2, 0) is 6.54 Å². The Kier molecular flexibility index (Phi) is 6.43. The number of hydrogen-bond donors (Lipinski definition) is 1. The Morgan fingerprint density at radius 2 is 1.95 bits per heavy atom. The van der Waals surface area contributed by atoms with Crippen molar-refractivity contribution in [2.45, 2.75) is 46.2 Å². The molecule has 114 valence electrons. The van der Waals surface area contributed by atoms with E-state index in [1.54, 1.807) is 0 Å². The van der Waals surface area contributed by atoms with Gasteiger partial charge in [0.15, 0.2) is 0 Å². The lowest BCUT2D eigenvalue weighted by Gasteiger charge is -2.21. The first-order valence-electron chi connectivity index (χ1n) is 7.26. The second-order valence-electron chi connectivity index (χ2n) is 6.56. The summed E-state index contributed by atoms with van der Waals surface area (Å²) in [5, 5.41) is 3.48. The van der Waals surface area contributed by atoms with Crippen LogP contribution in [0, 0.1) is 6.92 Å². The zero-order valence-electron chi connectivity index (χ0n) is 13.8. The van der Waals surface area contributed by atoms with Crippen LogP contribution in [0.4, 0.5) is 0 Å². The van der Waals surface area contributed by atoms with Crippen molar-refractivity contribution >= 4 is 0 Å². The van der Waals surface area contributed by atoms with Crippen molar-refractivity contribution in [2.75, 3.05) is 27.2 Å². The van der Waals surface area contributed by atoms with Crippen LogP contribution in [0.25, 0.3) is 0 Å². The smallest absolute Gasteiger partial charge is 0.213 e. The van der Waals surface area contributed by atoms with Gasteiger partial charge in [-0.05, 0) is 59.8 Å². The van der Waals surface area contributed by atoms with E-state index < -0.39 is 0 Å². The molecule has 0 unspecified atom stereocenters. The lowest BCUT2D eigenvalue weighted by molar-refractivity contribution is 0.272. The monoisotopic (exact) mass is 279 g/mol. The number of pyridine rings is 1. The van der Waals surface area contributed by atoms with Gasteiger partial charge in [0.2, 0.25) is 5.88 Å². The van der Waals surface area contributed by atoms with Crippen LogP contribution in [-0.4, -0.2) is 42.7 Å². The maximum absolute atomic E-state index is 5.74. The van der Waals surface area contributed by atoms with E-state index in [1.807, 2.05) is 13.0 Å². The first kappa shape index (κ1) is 16.9. The van der Waals surface area contributed by atoms with Crippen LogP contribution < -0.4 is 10.1 Å². The molecule has 0 fully saturated rings. The molecule has 0 aromatic carbocycles. The molecule has 1 aromatic rings. The molecule has 1 N–H and O–H groups in total. The van der Waals surface area contributed by atoms with E-state index in [4.69, 9.17) is 4.74 Å². The molecule has 20 heavy (non-hydrogen) atoms. The Morgan fingerprint density at radius 1 is 1.25 bits per heavy atom. The van der Waals surface area contributed by atoms with E-state index in [0.717, 1.165) is 31.1 Å². The standard InChI is InChI=1S/C16H29N3O/c1-13-10-14(12-17-16(2,3)4)11-15(18-13)20-9-7-8-19(5)6/h10-11,17H,7-9,12H2,1-6H3. The maximum Gasteiger partial charge on any atom is 0.213 e. The Hall–Kier alpha value is -1.13. The van der Waals surface area contributed by atoms with Gasteiger partial charge >= 0.3 is 0 Å². The minimum absolute atomic E-state index is 0.115. The van der Waals surface area contributed by atoms with Gasteiger partial charge in [0.25, 0.3) is 0 Å². The molecule has 1 heterocycles. The van der Waals surface area contributed by atoms with Gasteiger partial charge in [-0.2, -0.15) is 0 Å². The molecule has 0 radical (unpaired) electrons. The second kappa shape index (κ2) is 7.60. The van der Waals surface area contributed by atoms with Gasteiger partial charge in [0, 0.05) is 30.4 Å². The fourth-order valence-corrected chi connectivity index (χ4v) is 1.81. The SMILES string of the molecule is Cc1cc(CNC(C)(C)C)cc(OCCCN(C)C)n1. The van der Waals surface area contributed by atoms with Crippen molar-refractivity contribution in [3.8, 4) is 5.88 Å². The Bertz CT molecular complexity index is 411. The summed E-state index contributed by atoms with van der Waals surface area (Å²) in [5.74, 6) is 0.731. The number of aromatic nitrogens is 1. The van der Waals surface area contributed by atoms with Crippen molar-refractivity contribution < 1.29 is 4.74 Å². The van der Waals surface area contributed by atoms with E-state index in [0.29, 0.717) is 6.61 Å². The van der Waals surface area contributed by atoms with Gasteiger partial charge in [-0.15, -0.1) is 0 Å². The first-order valence-corrected chi connectivity index (χ1v) is 7.26. The summed E-state index contributed by atoms with van der Waals surface area (Å²) in [6, 6.07) is 4.13. The summed E-state index contributed by atoms with van der Waals surface area (Å²) in [4.78, 5) is 6.59. The Morgan fingerprint density at radius 3 is 2.55 bits per heavy atom. The van der Waals surface area contributed by atoms with E-state index in [9.17, 15) is 0 Å². The number of rotatable bonds is 7. The summed E-state index contributed by atoms with van der Waals surface area (Å²) in [6.07, 6.45) is 1.01. The number of nitrogens with zero attached hydrogens (tertiary/aromatic N) is 2. The van der Waals surface area contributed by atoms with Crippen molar-refractivity contribution in [3.63, 3.8) is 0 Å². The average molecular weight is 279 g/mol. The van der Waals surface area contributed by atoms with Gasteiger partial charge in [-0.1, -0.05) is 0 Å². The van der Waals surface area contributed by atoms with E-state index in [-0.39, 0.29) is 5.54 Å². The van der Waals surface area contributed by atoms with Gasteiger partial charge < -0.3 is 15.0 Å². The highest BCUT2D eigenvalue weighted by Gasteiger charge is 2.09. The third kappa shape index (κ3) is 7.46. The number of aryl methyl sites for hydroxylation is 1. The lowest BCUT2D eigenvalue weighted by atomic mass is 10.1. The van der Waals surface area contributed by atoms with Crippen LogP contribution in [0.3, 0.4) is 0 Å². The van der Waals surface area contributed by atoms with Gasteiger partial charge in [-0.3, -0.25) is 0 Å². The van der Waals surface area contributed by atoms with Gasteiger partial charge in [0.1, 0.15) is 0 Å². The van der Waals surface area contributed by atoms with Crippen LogP contribution in [0.1, 0.15) is 38.4 Å². The highest BCUT2D eigenvalue weighted by Crippen LogP contribution is 2.14. The van der Waals surface area contributed by atoms with Gasteiger partial charge in [-0.25, -0.2) is 4.98 Å². The number of nitrogens with one attached hydrogen (secondary N) is 1. The third-order valence-corrected chi connectivity index (χ3v) is 2.81. The van der Waals surface area contributed by atoms with Crippen molar-refractivity contribution in [3.05, 3.63) is 23.4 Å². The fourth-order valence-electron chi connectivity index (χ4n) is 1.81. The van der Waals surface area contributed by atoms with E-state index >= 15 is 0 Å². The minimum atomic E-state index is 0.115. The van der Waals surface area contributed by atoms with Gasteiger partial charge in [0.05, 0.1) is 6.61 Å². The van der Waals surface area contributed by atoms with Crippen molar-refractivity contribution in [2.24, 2.45) is 0 Å². The number of hydrogen-bond acceptors (Lipinski definition) is 4. The number of ether oxygens (including phenoxy) is 1. The topological polar surface area (TPSA) is 37.4 Å². The maximum atomic E-state index is 5.74. The second-order valence-corrected chi connectivity index (χ2v) is 6.56. The van der Waals surface area contributed by atoms with Crippen LogP contribution in [0.2, 0.25) is 0 Å². The predicted molar refractivity (Wildman–Crippen MR) is 84.2 cm³/mol. The van der Waals surface area contributed by atoms with E-state index in [2.05, 4.69) is 56.1 Å². The van der Waals surface area contributed by atoms with Crippen molar-refractivity contribution in [1.82, 2.24) is 15.2 Å². The average Bonchev–Trinajstić information content (AvgIpc) is 2.30. The third-order valence-electron chi connectivity index (χ3n) is 2.81. The lowest BCUT2D eigenvalue weighted by Crippen LogP contribution is -2.35. The molecule has 1 rings (SSSR count). The summed E-state index contributed by atoms with van der Waals surface area (Å²) in [7, 11) is 4.14. The van der Waals surface area contributed by atoms with Crippen LogP contribution >= 0.6 is 0 Å². The first-order chi connectivity index (χ1) is 9.26. The normalized spacial score (nSPS) is 11.9. The predicted octanol–water partition coefficient (Wildman–Crippen LogP) is 2.61. The van der Waals surface area contributed by atoms with E-state index in [1.165, 1.54) is 5.56 Å². The molecule has 0 aliphatic rings. The zero-order valence-corrected chi connectivity index (χ0v) is 13.8. The summed E-state index contributed by atoms with van der Waals surface area (Å²) in [5.41, 5.74) is 2.33. The quantitative estimate of drug-likeness (QED) is 0.779. The molecule has 0 saturated heterocycles. The molecule has 0 aliphatic heterocycles. The zero-order chi connectivity index (χ0) is 15.2. The summed E-state index contributed by atoms with van der Waals surface area (Å²) in [6.45, 7) is 11.1. The minimum Gasteiger partial charge on any atom is -0.478 e. The molecule has 0 spiro atoms. The molecule has 0 atom stereocenters. The highest BCUT2D eigenvalue weighted by atomic mass is 16.5. The van der Waals surface area contributed by atoms with Crippen LogP contribution in [0.5, 0.6) is 5.88 Å².